The Labute approximate surface area is 183 Å². The first-order valence-corrected chi connectivity index (χ1v) is 10.0. The van der Waals surface area contributed by atoms with E-state index in [0.29, 0.717) is 33.6 Å². The fourth-order valence-electron chi connectivity index (χ4n) is 3.05. The summed E-state index contributed by atoms with van der Waals surface area (Å²) < 4.78 is 5.24. The molecule has 154 valence electrons. The molecule has 7 heteroatoms. The van der Waals surface area contributed by atoms with Crippen LogP contribution in [0.1, 0.15) is 28.2 Å². The number of carbonyl (C=O) groups excluding carboxylic acids is 2. The lowest BCUT2D eigenvalue weighted by atomic mass is 10.0. The Balaban J connectivity index is 1.43. The minimum absolute atomic E-state index is 0.123. The lowest BCUT2D eigenvalue weighted by Crippen LogP contribution is -2.15. The Bertz CT molecular complexity index is 1210. The molecule has 31 heavy (non-hydrogen) atoms. The number of aryl methyl sites for hydroxylation is 1. The van der Waals surface area contributed by atoms with Crippen LogP contribution in [0.4, 0.5) is 5.69 Å². The minimum Gasteiger partial charge on any atom is -0.339 e. The van der Waals surface area contributed by atoms with Crippen molar-refractivity contribution in [1.29, 1.82) is 0 Å². The van der Waals surface area contributed by atoms with Gasteiger partial charge in [-0.15, -0.1) is 0 Å². The summed E-state index contributed by atoms with van der Waals surface area (Å²) in [6.07, 6.45) is 0.402. The van der Waals surface area contributed by atoms with Crippen molar-refractivity contribution in [2.24, 2.45) is 0 Å². The molecule has 0 bridgehead atoms. The van der Waals surface area contributed by atoms with Gasteiger partial charge in [0.2, 0.25) is 17.6 Å². The van der Waals surface area contributed by atoms with Crippen molar-refractivity contribution < 1.29 is 14.1 Å². The number of amides is 1. The second-order valence-corrected chi connectivity index (χ2v) is 7.25. The van der Waals surface area contributed by atoms with Gasteiger partial charge < -0.3 is 9.84 Å². The SMILES string of the molecule is O=C(CCc1nc(-c2ccccc2)no1)Nc1ccc(Cl)cc1C(=O)c1ccccc1. The summed E-state index contributed by atoms with van der Waals surface area (Å²) in [4.78, 5) is 29.7. The van der Waals surface area contributed by atoms with Crippen LogP contribution >= 0.6 is 11.6 Å². The van der Waals surface area contributed by atoms with Crippen molar-refractivity contribution in [2.45, 2.75) is 12.8 Å². The summed E-state index contributed by atoms with van der Waals surface area (Å²) in [5, 5.41) is 7.15. The molecule has 1 aromatic heterocycles. The molecular weight excluding hydrogens is 414 g/mol. The first kappa shape index (κ1) is 20.5. The molecule has 3 aromatic carbocycles. The molecule has 0 atom stereocenters. The number of nitrogens with one attached hydrogen (secondary N) is 1. The highest BCUT2D eigenvalue weighted by molar-refractivity contribution is 6.31. The normalized spacial score (nSPS) is 10.6. The van der Waals surface area contributed by atoms with Crippen molar-refractivity contribution in [3.63, 3.8) is 0 Å². The third-order valence-corrected chi connectivity index (χ3v) is 4.84. The molecule has 1 N–H and O–H groups in total. The molecule has 1 heterocycles. The van der Waals surface area contributed by atoms with Crippen molar-refractivity contribution in [1.82, 2.24) is 10.1 Å². The fraction of sp³-hybridized carbons (Fsp3) is 0.0833. The zero-order valence-electron chi connectivity index (χ0n) is 16.4. The van der Waals surface area contributed by atoms with E-state index in [4.69, 9.17) is 16.1 Å². The Morgan fingerprint density at radius 2 is 1.65 bits per heavy atom. The van der Waals surface area contributed by atoms with Crippen LogP contribution in [-0.4, -0.2) is 21.8 Å². The Hall–Kier alpha value is -3.77. The third kappa shape index (κ3) is 5.05. The third-order valence-electron chi connectivity index (χ3n) is 4.60. The first-order valence-electron chi connectivity index (χ1n) is 9.67. The summed E-state index contributed by atoms with van der Waals surface area (Å²) in [7, 11) is 0. The number of rotatable bonds is 7. The van der Waals surface area contributed by atoms with E-state index in [1.807, 2.05) is 36.4 Å². The number of hydrogen-bond donors (Lipinski definition) is 1. The maximum Gasteiger partial charge on any atom is 0.227 e. The molecule has 0 radical (unpaired) electrons. The van der Waals surface area contributed by atoms with Gasteiger partial charge in [0.1, 0.15) is 0 Å². The summed E-state index contributed by atoms with van der Waals surface area (Å²) in [6.45, 7) is 0. The van der Waals surface area contributed by atoms with Gasteiger partial charge >= 0.3 is 0 Å². The molecule has 0 fully saturated rings. The summed E-state index contributed by atoms with van der Waals surface area (Å²) >= 11 is 6.09. The number of carbonyl (C=O) groups is 2. The van der Waals surface area contributed by atoms with E-state index in [-0.39, 0.29) is 24.5 Å². The molecule has 6 nitrogen and oxygen atoms in total. The average molecular weight is 432 g/mol. The summed E-state index contributed by atoms with van der Waals surface area (Å²) in [6, 6.07) is 23.1. The number of aromatic nitrogens is 2. The molecule has 0 unspecified atom stereocenters. The second-order valence-electron chi connectivity index (χ2n) is 6.81. The number of anilines is 1. The van der Waals surface area contributed by atoms with Crippen LogP contribution in [0, 0.1) is 0 Å². The van der Waals surface area contributed by atoms with Gasteiger partial charge in [-0.1, -0.05) is 77.4 Å². The Morgan fingerprint density at radius 1 is 0.935 bits per heavy atom. The van der Waals surface area contributed by atoms with Crippen LogP contribution in [0.3, 0.4) is 0 Å². The molecule has 0 aliphatic carbocycles. The number of hydrogen-bond acceptors (Lipinski definition) is 5. The maximum atomic E-state index is 12.9. The molecule has 0 spiro atoms. The number of benzene rings is 3. The molecule has 0 saturated heterocycles. The predicted octanol–water partition coefficient (Wildman–Crippen LogP) is 5.19. The molecule has 0 aliphatic rings. The van der Waals surface area contributed by atoms with Crippen molar-refractivity contribution in [3.8, 4) is 11.4 Å². The highest BCUT2D eigenvalue weighted by Crippen LogP contribution is 2.24. The first-order chi connectivity index (χ1) is 15.1. The highest BCUT2D eigenvalue weighted by Gasteiger charge is 2.17. The van der Waals surface area contributed by atoms with Crippen molar-refractivity contribution in [3.05, 3.63) is 101 Å². The molecule has 1 amide bonds. The zero-order chi connectivity index (χ0) is 21.6. The van der Waals surface area contributed by atoms with E-state index in [9.17, 15) is 9.59 Å². The maximum absolute atomic E-state index is 12.9. The van der Waals surface area contributed by atoms with E-state index in [1.165, 1.54) is 0 Å². The van der Waals surface area contributed by atoms with Gasteiger partial charge in [-0.2, -0.15) is 4.98 Å². The number of ketones is 1. The van der Waals surface area contributed by atoms with Gasteiger partial charge in [0, 0.05) is 34.6 Å². The van der Waals surface area contributed by atoms with Crippen LogP contribution in [0.25, 0.3) is 11.4 Å². The summed E-state index contributed by atoms with van der Waals surface area (Å²) in [5.74, 6) is 0.349. The van der Waals surface area contributed by atoms with E-state index < -0.39 is 0 Å². The van der Waals surface area contributed by atoms with Crippen LogP contribution in [0.15, 0.2) is 83.4 Å². The standard InChI is InChI=1S/C24H18ClN3O3/c25-18-11-12-20(19(15-18)23(30)16-7-3-1-4-8-16)26-21(29)13-14-22-27-24(28-31-22)17-9-5-2-6-10-17/h1-12,15H,13-14H2,(H,26,29). The van der Waals surface area contributed by atoms with Gasteiger partial charge in [-0.25, -0.2) is 0 Å². The smallest absolute Gasteiger partial charge is 0.227 e. The van der Waals surface area contributed by atoms with Crippen LogP contribution < -0.4 is 5.32 Å². The van der Waals surface area contributed by atoms with Crippen LogP contribution in [0.5, 0.6) is 0 Å². The number of nitrogens with zero attached hydrogens (tertiary/aromatic N) is 2. The quantitative estimate of drug-likeness (QED) is 0.407. The van der Waals surface area contributed by atoms with Crippen molar-refractivity contribution in [2.75, 3.05) is 5.32 Å². The van der Waals surface area contributed by atoms with Crippen molar-refractivity contribution >= 4 is 29.0 Å². The van der Waals surface area contributed by atoms with E-state index in [2.05, 4.69) is 15.5 Å². The van der Waals surface area contributed by atoms with Crippen LogP contribution in [0.2, 0.25) is 5.02 Å². The predicted molar refractivity (Wildman–Crippen MR) is 118 cm³/mol. The second kappa shape index (κ2) is 9.36. The van der Waals surface area contributed by atoms with Gasteiger partial charge in [0.05, 0.1) is 5.69 Å². The topological polar surface area (TPSA) is 85.1 Å². The molecule has 4 aromatic rings. The highest BCUT2D eigenvalue weighted by atomic mass is 35.5. The Morgan fingerprint density at radius 3 is 2.39 bits per heavy atom. The number of halogens is 1. The lowest BCUT2D eigenvalue weighted by Gasteiger charge is -2.11. The molecular formula is C24H18ClN3O3. The molecule has 4 rings (SSSR count). The van der Waals surface area contributed by atoms with Gasteiger partial charge in [0.25, 0.3) is 0 Å². The minimum atomic E-state index is -0.274. The fourth-order valence-corrected chi connectivity index (χ4v) is 3.22. The lowest BCUT2D eigenvalue weighted by molar-refractivity contribution is -0.116. The zero-order valence-corrected chi connectivity index (χ0v) is 17.2. The van der Waals surface area contributed by atoms with Gasteiger partial charge in [-0.05, 0) is 18.2 Å². The van der Waals surface area contributed by atoms with E-state index >= 15 is 0 Å². The largest absolute Gasteiger partial charge is 0.339 e. The average Bonchev–Trinajstić information content (AvgIpc) is 3.29. The van der Waals surface area contributed by atoms with E-state index in [1.54, 1.807) is 42.5 Å². The Kier molecular flexibility index (Phi) is 6.19. The molecule has 0 saturated carbocycles. The van der Waals surface area contributed by atoms with Gasteiger partial charge in [0.15, 0.2) is 5.78 Å². The molecule has 0 aliphatic heterocycles. The monoisotopic (exact) mass is 431 g/mol. The van der Waals surface area contributed by atoms with Gasteiger partial charge in [-0.3, -0.25) is 9.59 Å². The van der Waals surface area contributed by atoms with E-state index in [0.717, 1.165) is 5.56 Å². The summed E-state index contributed by atoms with van der Waals surface area (Å²) in [5.41, 5.74) is 2.08. The van der Waals surface area contributed by atoms with Crippen LogP contribution in [-0.2, 0) is 11.2 Å².